The lowest BCUT2D eigenvalue weighted by Gasteiger charge is -2.16. The number of anilines is 1. The zero-order chi connectivity index (χ0) is 15.1. The van der Waals surface area contributed by atoms with Gasteiger partial charge in [0.05, 0.1) is 5.56 Å². The number of fused-ring (bicyclic) bond motifs is 2. The minimum absolute atomic E-state index is 0.327. The smallest absolute Gasteiger partial charge is 0.230 e. The van der Waals surface area contributed by atoms with E-state index in [1.807, 2.05) is 0 Å². The van der Waals surface area contributed by atoms with Crippen molar-refractivity contribution in [2.75, 3.05) is 12.8 Å². The first kappa shape index (κ1) is 13.6. The molecule has 4 rings (SSSR count). The van der Waals surface area contributed by atoms with Gasteiger partial charge in [-0.25, -0.2) is 9.97 Å². The second kappa shape index (κ2) is 5.31. The van der Waals surface area contributed by atoms with Crippen LogP contribution in [0.2, 0.25) is 0 Å². The fraction of sp³-hybridized carbons (Fsp3) is 0.600. The van der Waals surface area contributed by atoms with Gasteiger partial charge in [-0.3, -0.25) is 0 Å². The van der Waals surface area contributed by atoms with Crippen molar-refractivity contribution in [1.82, 2.24) is 20.1 Å². The van der Waals surface area contributed by atoms with Crippen LogP contribution in [0.1, 0.15) is 43.3 Å². The molecule has 2 aromatic heterocycles. The standard InChI is InChI=1S/C15H19N5O2/c1-21-7-12-17-6-11(13(16)18-12)14-19-15(22-20-14)10-5-8-2-3-9(10)4-8/h6,8-10H,2-5,7H2,1H3,(H2,16,17,18). The maximum atomic E-state index is 5.98. The van der Waals surface area contributed by atoms with Crippen molar-refractivity contribution < 1.29 is 9.26 Å². The molecule has 2 fully saturated rings. The van der Waals surface area contributed by atoms with Crippen molar-refractivity contribution >= 4 is 5.82 Å². The molecule has 2 aliphatic carbocycles. The van der Waals surface area contributed by atoms with Crippen molar-refractivity contribution in [1.29, 1.82) is 0 Å². The normalized spacial score (nSPS) is 26.7. The fourth-order valence-electron chi connectivity index (χ4n) is 3.85. The van der Waals surface area contributed by atoms with E-state index in [1.165, 1.54) is 25.7 Å². The van der Waals surface area contributed by atoms with Crippen LogP contribution in [0.25, 0.3) is 11.4 Å². The molecule has 0 amide bonds. The average Bonchev–Trinajstić information content (AvgIpc) is 3.24. The van der Waals surface area contributed by atoms with Crippen LogP contribution in [-0.4, -0.2) is 27.2 Å². The third-order valence-corrected chi connectivity index (χ3v) is 4.88. The Morgan fingerprint density at radius 3 is 2.91 bits per heavy atom. The van der Waals surface area contributed by atoms with Gasteiger partial charge < -0.3 is 15.0 Å². The molecule has 7 nitrogen and oxygen atoms in total. The summed E-state index contributed by atoms with van der Waals surface area (Å²) in [7, 11) is 1.59. The molecule has 7 heteroatoms. The molecule has 2 saturated carbocycles. The van der Waals surface area contributed by atoms with Crippen LogP contribution in [0.15, 0.2) is 10.7 Å². The summed E-state index contributed by atoms with van der Waals surface area (Å²) in [5.41, 5.74) is 6.59. The Kier molecular flexibility index (Phi) is 3.29. The van der Waals surface area contributed by atoms with Gasteiger partial charge in [-0.1, -0.05) is 11.6 Å². The second-order valence-electron chi connectivity index (χ2n) is 6.26. The molecule has 0 aromatic carbocycles. The maximum absolute atomic E-state index is 5.98. The van der Waals surface area contributed by atoms with Crippen LogP contribution in [0.3, 0.4) is 0 Å². The van der Waals surface area contributed by atoms with E-state index in [-0.39, 0.29) is 0 Å². The van der Waals surface area contributed by atoms with Gasteiger partial charge in [0.15, 0.2) is 5.82 Å². The summed E-state index contributed by atoms with van der Waals surface area (Å²) in [5, 5.41) is 4.07. The summed E-state index contributed by atoms with van der Waals surface area (Å²) < 4.78 is 10.5. The maximum Gasteiger partial charge on any atom is 0.230 e. The number of nitrogens with zero attached hydrogens (tertiary/aromatic N) is 4. The Labute approximate surface area is 128 Å². The molecule has 3 unspecified atom stereocenters. The summed E-state index contributed by atoms with van der Waals surface area (Å²) in [6.07, 6.45) is 6.74. The van der Waals surface area contributed by atoms with E-state index in [4.69, 9.17) is 15.0 Å². The molecule has 2 aliphatic rings. The monoisotopic (exact) mass is 301 g/mol. The van der Waals surface area contributed by atoms with Crippen LogP contribution in [0, 0.1) is 11.8 Å². The van der Waals surface area contributed by atoms with Gasteiger partial charge in [0.1, 0.15) is 12.4 Å². The topological polar surface area (TPSA) is 100.0 Å². The van der Waals surface area contributed by atoms with Crippen molar-refractivity contribution in [3.8, 4) is 11.4 Å². The Morgan fingerprint density at radius 1 is 1.32 bits per heavy atom. The van der Waals surface area contributed by atoms with Crippen LogP contribution >= 0.6 is 0 Å². The summed E-state index contributed by atoms with van der Waals surface area (Å²) in [6.45, 7) is 0.327. The third kappa shape index (κ3) is 2.25. The number of aromatic nitrogens is 4. The molecule has 3 atom stereocenters. The van der Waals surface area contributed by atoms with Crippen LogP contribution in [-0.2, 0) is 11.3 Å². The predicted octanol–water partition coefficient (Wildman–Crippen LogP) is 2.16. The van der Waals surface area contributed by atoms with E-state index in [0.29, 0.717) is 41.5 Å². The highest BCUT2D eigenvalue weighted by molar-refractivity contribution is 5.66. The van der Waals surface area contributed by atoms with Gasteiger partial charge in [0.2, 0.25) is 11.7 Å². The van der Waals surface area contributed by atoms with Gasteiger partial charge >= 0.3 is 0 Å². The van der Waals surface area contributed by atoms with Gasteiger partial charge in [-0.15, -0.1) is 0 Å². The number of hydrogen-bond acceptors (Lipinski definition) is 7. The Morgan fingerprint density at radius 2 is 2.23 bits per heavy atom. The number of ether oxygens (including phenoxy) is 1. The van der Waals surface area contributed by atoms with Gasteiger partial charge in [-0.2, -0.15) is 4.98 Å². The molecular weight excluding hydrogens is 282 g/mol. The molecule has 2 N–H and O–H groups in total. The lowest BCUT2D eigenvalue weighted by atomic mass is 9.89. The number of hydrogen-bond donors (Lipinski definition) is 1. The third-order valence-electron chi connectivity index (χ3n) is 4.88. The molecule has 2 bridgehead atoms. The minimum Gasteiger partial charge on any atom is -0.383 e. The highest BCUT2D eigenvalue weighted by Crippen LogP contribution is 2.52. The van der Waals surface area contributed by atoms with Gasteiger partial charge in [-0.05, 0) is 31.1 Å². The van der Waals surface area contributed by atoms with E-state index in [0.717, 1.165) is 11.8 Å². The Hall–Kier alpha value is -2.02. The van der Waals surface area contributed by atoms with E-state index in [9.17, 15) is 0 Å². The molecule has 0 saturated heterocycles. The Bertz CT molecular complexity index is 686. The summed E-state index contributed by atoms with van der Waals surface area (Å²) in [6, 6.07) is 0. The zero-order valence-corrected chi connectivity index (χ0v) is 12.5. The van der Waals surface area contributed by atoms with Crippen LogP contribution in [0.5, 0.6) is 0 Å². The first-order chi connectivity index (χ1) is 10.7. The van der Waals surface area contributed by atoms with E-state index < -0.39 is 0 Å². The first-order valence-corrected chi connectivity index (χ1v) is 7.69. The highest BCUT2D eigenvalue weighted by Gasteiger charge is 2.43. The molecule has 2 aromatic rings. The second-order valence-corrected chi connectivity index (χ2v) is 6.26. The molecule has 0 spiro atoms. The number of nitrogen functional groups attached to an aromatic ring is 1. The molecule has 2 heterocycles. The van der Waals surface area contributed by atoms with Gasteiger partial charge in [0.25, 0.3) is 0 Å². The minimum atomic E-state index is 0.327. The van der Waals surface area contributed by atoms with Crippen molar-refractivity contribution in [3.05, 3.63) is 17.9 Å². The fourth-order valence-corrected chi connectivity index (χ4v) is 3.85. The number of rotatable bonds is 4. The number of methoxy groups -OCH3 is 1. The van der Waals surface area contributed by atoms with Crippen LogP contribution < -0.4 is 5.73 Å². The SMILES string of the molecule is COCc1ncc(-c2noc(C3CC4CCC3C4)n2)c(N)n1. The van der Waals surface area contributed by atoms with Crippen molar-refractivity contribution in [2.24, 2.45) is 11.8 Å². The summed E-state index contributed by atoms with van der Waals surface area (Å²) in [4.78, 5) is 13.0. The van der Waals surface area contributed by atoms with E-state index >= 15 is 0 Å². The van der Waals surface area contributed by atoms with Gasteiger partial charge in [0, 0.05) is 19.2 Å². The zero-order valence-electron chi connectivity index (χ0n) is 12.5. The molecule has 22 heavy (non-hydrogen) atoms. The average molecular weight is 301 g/mol. The lowest BCUT2D eigenvalue weighted by Crippen LogP contribution is -2.08. The van der Waals surface area contributed by atoms with E-state index in [1.54, 1.807) is 13.3 Å². The molecule has 0 radical (unpaired) electrons. The largest absolute Gasteiger partial charge is 0.383 e. The quantitative estimate of drug-likeness (QED) is 0.923. The van der Waals surface area contributed by atoms with Crippen molar-refractivity contribution in [3.63, 3.8) is 0 Å². The first-order valence-electron chi connectivity index (χ1n) is 7.69. The molecular formula is C15H19N5O2. The Balaban J connectivity index is 1.59. The highest BCUT2D eigenvalue weighted by atomic mass is 16.5. The molecule has 0 aliphatic heterocycles. The van der Waals surface area contributed by atoms with Crippen LogP contribution in [0.4, 0.5) is 5.82 Å². The predicted molar refractivity (Wildman–Crippen MR) is 78.6 cm³/mol. The van der Waals surface area contributed by atoms with E-state index in [2.05, 4.69) is 20.1 Å². The van der Waals surface area contributed by atoms with Crippen molar-refractivity contribution in [2.45, 2.75) is 38.2 Å². The molecule has 116 valence electrons. The number of nitrogens with two attached hydrogens (primary N) is 1. The summed E-state index contributed by atoms with van der Waals surface area (Å²) in [5.74, 6) is 4.06. The summed E-state index contributed by atoms with van der Waals surface area (Å²) >= 11 is 0. The lowest BCUT2D eigenvalue weighted by molar-refractivity contribution is 0.178.